The van der Waals surface area contributed by atoms with Crippen LogP contribution >= 0.6 is 0 Å². The summed E-state index contributed by atoms with van der Waals surface area (Å²) in [5.41, 5.74) is 7.16. The minimum atomic E-state index is -0.355. The summed E-state index contributed by atoms with van der Waals surface area (Å²) in [5.74, 6) is -0.355. The van der Waals surface area contributed by atoms with Crippen LogP contribution in [-0.2, 0) is 11.3 Å². The molecule has 2 heterocycles. The quantitative estimate of drug-likeness (QED) is 0.895. The van der Waals surface area contributed by atoms with E-state index in [-0.39, 0.29) is 5.91 Å². The van der Waals surface area contributed by atoms with Gasteiger partial charge in [0, 0.05) is 37.8 Å². The van der Waals surface area contributed by atoms with Crippen LogP contribution in [0.5, 0.6) is 0 Å². The van der Waals surface area contributed by atoms with E-state index in [0.717, 1.165) is 32.7 Å². The third kappa shape index (κ3) is 4.35. The second kappa shape index (κ2) is 7.64. The van der Waals surface area contributed by atoms with Crippen LogP contribution in [0.2, 0.25) is 0 Å². The maximum absolute atomic E-state index is 11.4. The topological polar surface area (TPSA) is 58.8 Å². The first kappa shape index (κ1) is 17.4. The first-order valence-corrected chi connectivity index (χ1v) is 9.02. The van der Waals surface area contributed by atoms with E-state index in [1.807, 2.05) is 12.1 Å². The summed E-state index contributed by atoms with van der Waals surface area (Å²) >= 11 is 0. The van der Waals surface area contributed by atoms with Gasteiger partial charge in [0.2, 0.25) is 5.91 Å². The highest BCUT2D eigenvalue weighted by Gasteiger charge is 2.29. The molecule has 5 heteroatoms. The van der Waals surface area contributed by atoms with Gasteiger partial charge in [-0.1, -0.05) is 12.1 Å². The average molecular weight is 331 g/mol. The fourth-order valence-electron chi connectivity index (χ4n) is 4.10. The van der Waals surface area contributed by atoms with Crippen molar-refractivity contribution >= 4 is 5.91 Å². The van der Waals surface area contributed by atoms with E-state index in [4.69, 9.17) is 10.5 Å². The lowest BCUT2D eigenvalue weighted by atomic mass is 10.1. The average Bonchev–Trinajstić information content (AvgIpc) is 2.93. The number of nitrogens with zero attached hydrogens (tertiary/aromatic N) is 2. The number of carbonyl (C=O) groups is 1. The van der Waals surface area contributed by atoms with E-state index >= 15 is 0 Å². The molecule has 0 unspecified atom stereocenters. The molecule has 5 nitrogen and oxygen atoms in total. The Balaban J connectivity index is 1.61. The van der Waals surface area contributed by atoms with Gasteiger partial charge in [-0.2, -0.15) is 0 Å². The van der Waals surface area contributed by atoms with Gasteiger partial charge in [0.15, 0.2) is 0 Å². The van der Waals surface area contributed by atoms with Crippen LogP contribution in [0.25, 0.3) is 0 Å². The fraction of sp³-hybridized carbons (Fsp3) is 0.632. The van der Waals surface area contributed by atoms with Crippen LogP contribution in [0.1, 0.15) is 42.6 Å². The maximum Gasteiger partial charge on any atom is 0.248 e. The number of morpholine rings is 1. The zero-order valence-corrected chi connectivity index (χ0v) is 14.8. The number of amides is 1. The largest absolute Gasteiger partial charge is 0.373 e. The Morgan fingerprint density at radius 3 is 2.75 bits per heavy atom. The summed E-state index contributed by atoms with van der Waals surface area (Å²) in [6.45, 7) is 9.47. The molecule has 1 aromatic rings. The lowest BCUT2D eigenvalue weighted by Crippen LogP contribution is -2.50. The van der Waals surface area contributed by atoms with Gasteiger partial charge in [0.25, 0.3) is 0 Å². The first-order valence-electron chi connectivity index (χ1n) is 9.02. The third-order valence-electron chi connectivity index (χ3n) is 5.06. The van der Waals surface area contributed by atoms with Crippen molar-refractivity contribution in [1.29, 1.82) is 0 Å². The molecule has 2 fully saturated rings. The van der Waals surface area contributed by atoms with Crippen LogP contribution in [0.15, 0.2) is 24.3 Å². The monoisotopic (exact) mass is 331 g/mol. The van der Waals surface area contributed by atoms with Crippen molar-refractivity contribution < 1.29 is 9.53 Å². The molecule has 2 aliphatic rings. The van der Waals surface area contributed by atoms with Gasteiger partial charge in [0.1, 0.15) is 0 Å². The van der Waals surface area contributed by atoms with Gasteiger partial charge < -0.3 is 10.5 Å². The molecule has 0 bridgehead atoms. The normalized spacial score (nSPS) is 29.0. The van der Waals surface area contributed by atoms with Crippen molar-refractivity contribution in [3.05, 3.63) is 35.4 Å². The molecule has 0 radical (unpaired) electrons. The number of likely N-dealkylation sites (tertiary alicyclic amines) is 1. The lowest BCUT2D eigenvalue weighted by Gasteiger charge is -2.38. The van der Waals surface area contributed by atoms with E-state index in [0.29, 0.717) is 23.8 Å². The molecule has 0 aromatic heterocycles. The maximum atomic E-state index is 11.4. The molecule has 132 valence electrons. The van der Waals surface area contributed by atoms with E-state index in [1.54, 1.807) is 6.07 Å². The van der Waals surface area contributed by atoms with Crippen molar-refractivity contribution in [2.45, 2.75) is 51.5 Å². The number of carbonyl (C=O) groups excluding carboxylic acids is 1. The molecule has 24 heavy (non-hydrogen) atoms. The van der Waals surface area contributed by atoms with E-state index < -0.39 is 0 Å². The van der Waals surface area contributed by atoms with Gasteiger partial charge >= 0.3 is 0 Å². The highest BCUT2D eigenvalue weighted by Crippen LogP contribution is 2.23. The van der Waals surface area contributed by atoms with E-state index in [9.17, 15) is 4.79 Å². The van der Waals surface area contributed by atoms with Gasteiger partial charge in [-0.3, -0.25) is 14.6 Å². The number of nitrogens with two attached hydrogens (primary N) is 1. The molecule has 0 spiro atoms. The molecular formula is C19H29N3O2. The molecule has 0 saturated carbocycles. The Bertz CT molecular complexity index is 567. The zero-order valence-electron chi connectivity index (χ0n) is 14.8. The van der Waals surface area contributed by atoms with Gasteiger partial charge in [-0.25, -0.2) is 0 Å². The highest BCUT2D eigenvalue weighted by molar-refractivity contribution is 5.92. The number of benzene rings is 1. The summed E-state index contributed by atoms with van der Waals surface area (Å²) in [5, 5.41) is 0. The number of rotatable bonds is 5. The van der Waals surface area contributed by atoms with Crippen LogP contribution in [0.4, 0.5) is 0 Å². The SMILES string of the molecule is C[C@@H]1CN(C[C@H]2CCCN2Cc2cccc(C(N)=O)c2)C[C@@H](C)O1. The van der Waals surface area contributed by atoms with Crippen molar-refractivity contribution in [3.8, 4) is 0 Å². The van der Waals surface area contributed by atoms with Gasteiger partial charge in [-0.05, 0) is 50.9 Å². The zero-order chi connectivity index (χ0) is 17.1. The van der Waals surface area contributed by atoms with E-state index in [1.165, 1.54) is 18.4 Å². The Hall–Kier alpha value is -1.43. The minimum Gasteiger partial charge on any atom is -0.373 e. The van der Waals surface area contributed by atoms with Gasteiger partial charge in [0.05, 0.1) is 12.2 Å². The van der Waals surface area contributed by atoms with Crippen LogP contribution in [0.3, 0.4) is 0 Å². The molecule has 3 atom stereocenters. The summed E-state index contributed by atoms with van der Waals surface area (Å²) in [7, 11) is 0. The Morgan fingerprint density at radius 1 is 1.29 bits per heavy atom. The van der Waals surface area contributed by atoms with Crippen molar-refractivity contribution in [3.63, 3.8) is 0 Å². The molecule has 0 aliphatic carbocycles. The molecule has 2 saturated heterocycles. The van der Waals surface area contributed by atoms with Crippen LogP contribution in [0, 0.1) is 0 Å². The predicted molar refractivity (Wildman–Crippen MR) is 94.8 cm³/mol. The highest BCUT2D eigenvalue weighted by atomic mass is 16.5. The Morgan fingerprint density at radius 2 is 2.04 bits per heavy atom. The molecule has 1 aromatic carbocycles. The minimum absolute atomic E-state index is 0.316. The number of hydrogen-bond donors (Lipinski definition) is 1. The summed E-state index contributed by atoms with van der Waals surface area (Å²) < 4.78 is 5.84. The number of primary amides is 1. The second-order valence-electron chi connectivity index (χ2n) is 7.31. The Kier molecular flexibility index (Phi) is 5.54. The Labute approximate surface area is 144 Å². The third-order valence-corrected chi connectivity index (χ3v) is 5.06. The van der Waals surface area contributed by atoms with Crippen LogP contribution in [-0.4, -0.2) is 60.1 Å². The number of ether oxygens (including phenoxy) is 1. The molecule has 2 aliphatic heterocycles. The molecular weight excluding hydrogens is 302 g/mol. The first-order chi connectivity index (χ1) is 11.5. The molecule has 3 rings (SSSR count). The molecule has 2 N–H and O–H groups in total. The summed E-state index contributed by atoms with van der Waals surface area (Å²) in [4.78, 5) is 16.5. The van der Waals surface area contributed by atoms with E-state index in [2.05, 4.69) is 29.7 Å². The van der Waals surface area contributed by atoms with Gasteiger partial charge in [-0.15, -0.1) is 0 Å². The predicted octanol–water partition coefficient (Wildman–Crippen LogP) is 1.86. The standard InChI is InChI=1S/C19H29N3O2/c1-14-10-21(11-15(2)24-14)13-18-7-4-8-22(18)12-16-5-3-6-17(9-16)19(20)23/h3,5-6,9,14-15,18H,4,7-8,10-13H2,1-2H3,(H2,20,23)/t14-,15-,18-/m1/s1. The van der Waals surface area contributed by atoms with Crippen molar-refractivity contribution in [2.75, 3.05) is 26.2 Å². The fourth-order valence-corrected chi connectivity index (χ4v) is 4.10. The van der Waals surface area contributed by atoms with Crippen molar-refractivity contribution in [2.24, 2.45) is 5.73 Å². The summed E-state index contributed by atoms with van der Waals surface area (Å²) in [6.07, 6.45) is 3.12. The second-order valence-corrected chi connectivity index (χ2v) is 7.31. The molecule has 1 amide bonds. The van der Waals surface area contributed by atoms with Crippen LogP contribution < -0.4 is 5.73 Å². The smallest absolute Gasteiger partial charge is 0.248 e. The van der Waals surface area contributed by atoms with Crippen molar-refractivity contribution in [1.82, 2.24) is 9.80 Å². The number of hydrogen-bond acceptors (Lipinski definition) is 4. The lowest BCUT2D eigenvalue weighted by molar-refractivity contribution is -0.0724. The summed E-state index contributed by atoms with van der Waals surface area (Å²) in [6, 6.07) is 8.30.